The molecule has 0 N–H and O–H groups in total. The summed E-state index contributed by atoms with van der Waals surface area (Å²) >= 11 is 12.4. The molecule has 0 spiro atoms. The molecule has 0 saturated heterocycles. The maximum absolute atomic E-state index is 13.9. The normalized spacial score (nSPS) is 11.5. The molecule has 0 aliphatic rings. The first-order chi connectivity index (χ1) is 17.3. The number of nitrogens with zero attached hydrogens (tertiary/aromatic N) is 2. The molecule has 0 aliphatic carbocycles. The molecule has 0 radical (unpaired) electrons. The Bertz CT molecular complexity index is 1700. The molecule has 0 bridgehead atoms. The maximum Gasteiger partial charge on any atom is 0.265 e. The molecular weight excluding hydrogens is 515 g/mol. The van der Waals surface area contributed by atoms with Crippen LogP contribution in [0.3, 0.4) is 0 Å². The number of halogens is 2. The molecule has 0 aliphatic heterocycles. The minimum atomic E-state index is -4.03. The van der Waals surface area contributed by atoms with E-state index in [0.29, 0.717) is 22.0 Å². The van der Waals surface area contributed by atoms with Gasteiger partial charge in [0.05, 0.1) is 10.7 Å². The lowest BCUT2D eigenvalue weighted by Gasteiger charge is -2.20. The number of sulfonamides is 1. The van der Waals surface area contributed by atoms with Crippen molar-refractivity contribution in [1.82, 2.24) is 4.40 Å². The first kappa shape index (κ1) is 24.1. The zero-order valence-electron chi connectivity index (χ0n) is 19.1. The van der Waals surface area contributed by atoms with Gasteiger partial charge >= 0.3 is 0 Å². The Labute approximate surface area is 219 Å². The summed E-state index contributed by atoms with van der Waals surface area (Å²) in [7, 11) is -2.58. The lowest BCUT2D eigenvalue weighted by Crippen LogP contribution is -2.27. The van der Waals surface area contributed by atoms with Gasteiger partial charge in [-0.05, 0) is 66.2 Å². The highest BCUT2D eigenvalue weighted by Crippen LogP contribution is 2.33. The van der Waals surface area contributed by atoms with Gasteiger partial charge in [-0.25, -0.2) is 8.42 Å². The number of hydrogen-bond acceptors (Lipinski definition) is 3. The van der Waals surface area contributed by atoms with Crippen LogP contribution in [0.25, 0.3) is 16.6 Å². The van der Waals surface area contributed by atoms with Crippen LogP contribution in [0.5, 0.6) is 0 Å². The van der Waals surface area contributed by atoms with Crippen LogP contribution in [0, 0.1) is 0 Å². The second-order valence-corrected chi connectivity index (χ2v) is 11.0. The Morgan fingerprint density at radius 2 is 1.53 bits per heavy atom. The minimum absolute atomic E-state index is 0.0345. The first-order valence-corrected chi connectivity index (χ1v) is 13.2. The second kappa shape index (κ2) is 9.47. The van der Waals surface area contributed by atoms with E-state index in [9.17, 15) is 13.2 Å². The average Bonchev–Trinajstić information content (AvgIpc) is 3.28. The van der Waals surface area contributed by atoms with Crippen LogP contribution < -0.4 is 4.31 Å². The number of carbonyl (C=O) groups is 1. The molecule has 36 heavy (non-hydrogen) atoms. The Morgan fingerprint density at radius 1 is 0.833 bits per heavy atom. The van der Waals surface area contributed by atoms with E-state index in [4.69, 9.17) is 23.2 Å². The van der Waals surface area contributed by atoms with Crippen LogP contribution >= 0.6 is 23.2 Å². The summed E-state index contributed by atoms with van der Waals surface area (Å²) in [6.45, 7) is 0. The van der Waals surface area contributed by atoms with E-state index in [1.807, 2.05) is 36.4 Å². The van der Waals surface area contributed by atoms with E-state index in [0.717, 1.165) is 15.4 Å². The van der Waals surface area contributed by atoms with E-state index >= 15 is 0 Å². The third-order valence-corrected chi connectivity index (χ3v) is 8.52. The van der Waals surface area contributed by atoms with E-state index in [2.05, 4.69) is 0 Å². The van der Waals surface area contributed by atoms with E-state index in [1.54, 1.807) is 59.1 Å². The van der Waals surface area contributed by atoms with Crippen LogP contribution in [0.1, 0.15) is 16.1 Å². The molecule has 0 amide bonds. The van der Waals surface area contributed by atoms with Crippen molar-refractivity contribution in [2.75, 3.05) is 11.4 Å². The van der Waals surface area contributed by atoms with Crippen molar-refractivity contribution in [3.05, 3.63) is 125 Å². The highest BCUT2D eigenvalue weighted by Gasteiger charge is 2.27. The van der Waals surface area contributed by atoms with Gasteiger partial charge in [-0.15, -0.1) is 0 Å². The number of benzene rings is 3. The third kappa shape index (κ3) is 4.28. The van der Waals surface area contributed by atoms with E-state index in [1.165, 1.54) is 19.2 Å². The summed E-state index contributed by atoms with van der Waals surface area (Å²) in [6, 6.07) is 27.8. The molecule has 0 atom stereocenters. The average molecular weight is 535 g/mol. The zero-order valence-corrected chi connectivity index (χ0v) is 21.4. The summed E-state index contributed by atoms with van der Waals surface area (Å²) in [4.78, 5) is 13.8. The van der Waals surface area contributed by atoms with Crippen molar-refractivity contribution in [2.24, 2.45) is 0 Å². The molecule has 0 saturated carbocycles. The molecule has 8 heteroatoms. The quantitative estimate of drug-likeness (QED) is 0.221. The van der Waals surface area contributed by atoms with Crippen LogP contribution in [-0.2, 0) is 10.0 Å². The van der Waals surface area contributed by atoms with Gasteiger partial charge in [-0.2, -0.15) is 0 Å². The molecule has 5 nitrogen and oxygen atoms in total. The Balaban J connectivity index is 1.64. The van der Waals surface area contributed by atoms with Crippen molar-refractivity contribution in [3.63, 3.8) is 0 Å². The Kier molecular flexibility index (Phi) is 6.35. The molecule has 5 rings (SSSR count). The third-order valence-electron chi connectivity index (χ3n) is 6.00. The maximum atomic E-state index is 13.9. The fourth-order valence-corrected chi connectivity index (χ4v) is 5.93. The molecule has 0 unspecified atom stereocenters. The predicted molar refractivity (Wildman–Crippen MR) is 145 cm³/mol. The number of para-hydroxylation sites is 1. The van der Waals surface area contributed by atoms with Crippen LogP contribution in [0.4, 0.5) is 5.69 Å². The summed E-state index contributed by atoms with van der Waals surface area (Å²) in [5.74, 6) is -0.332. The van der Waals surface area contributed by atoms with Gasteiger partial charge in [0.15, 0.2) is 0 Å². The van der Waals surface area contributed by atoms with Crippen molar-refractivity contribution in [3.8, 4) is 11.1 Å². The van der Waals surface area contributed by atoms with Crippen LogP contribution in [-0.4, -0.2) is 25.6 Å². The highest BCUT2D eigenvalue weighted by atomic mass is 35.5. The topological polar surface area (TPSA) is 58.9 Å². The molecule has 3 aromatic carbocycles. The Hall–Kier alpha value is -3.58. The van der Waals surface area contributed by atoms with Crippen molar-refractivity contribution >= 4 is 50.2 Å². The molecule has 180 valence electrons. The number of aromatic nitrogens is 1. The Morgan fingerprint density at radius 3 is 2.25 bits per heavy atom. The number of fused-ring (bicyclic) bond motifs is 1. The summed E-state index contributed by atoms with van der Waals surface area (Å²) < 4.78 is 29.9. The van der Waals surface area contributed by atoms with Gasteiger partial charge in [-0.3, -0.25) is 9.10 Å². The number of hydrogen-bond donors (Lipinski definition) is 0. The molecular formula is C28H20Cl2N2O3S. The summed E-state index contributed by atoms with van der Waals surface area (Å²) in [5, 5.41) is 0.623. The largest absolute Gasteiger partial charge is 0.313 e. The monoisotopic (exact) mass is 534 g/mol. The zero-order chi connectivity index (χ0) is 25.4. The fraction of sp³-hybridized carbons (Fsp3) is 0.0357. The second-order valence-electron chi connectivity index (χ2n) is 8.19. The molecule has 5 aromatic rings. The number of rotatable bonds is 6. The lowest BCUT2D eigenvalue weighted by molar-refractivity contribution is 0.103. The van der Waals surface area contributed by atoms with Gasteiger partial charge in [0, 0.05) is 34.9 Å². The van der Waals surface area contributed by atoms with Crippen molar-refractivity contribution < 1.29 is 13.2 Å². The van der Waals surface area contributed by atoms with E-state index in [-0.39, 0.29) is 21.3 Å². The lowest BCUT2D eigenvalue weighted by atomic mass is 10.0. The van der Waals surface area contributed by atoms with Crippen molar-refractivity contribution in [1.29, 1.82) is 0 Å². The summed E-state index contributed by atoms with van der Waals surface area (Å²) in [5.41, 5.74) is 3.46. The summed E-state index contributed by atoms with van der Waals surface area (Å²) in [6.07, 6.45) is 1.80. The first-order valence-electron chi connectivity index (χ1n) is 11.0. The molecule has 0 fully saturated rings. The van der Waals surface area contributed by atoms with Crippen LogP contribution in [0.2, 0.25) is 10.0 Å². The van der Waals surface area contributed by atoms with E-state index < -0.39 is 10.0 Å². The van der Waals surface area contributed by atoms with Crippen LogP contribution in [0.15, 0.2) is 108 Å². The van der Waals surface area contributed by atoms with Gasteiger partial charge in [-0.1, -0.05) is 59.6 Å². The predicted octanol–water partition coefficient (Wildman–Crippen LogP) is 6.97. The fourth-order valence-electron chi connectivity index (χ4n) is 4.11. The SMILES string of the molecule is CN(c1ccccc1)S(=O)(=O)c1cc(C(=O)c2c(-c3ccc(Cl)cc3)cc3ccccn23)ccc1Cl. The molecule has 2 heterocycles. The number of anilines is 1. The highest BCUT2D eigenvalue weighted by molar-refractivity contribution is 7.93. The van der Waals surface area contributed by atoms with Gasteiger partial charge in [0.25, 0.3) is 10.0 Å². The van der Waals surface area contributed by atoms with Crippen molar-refractivity contribution in [2.45, 2.75) is 4.90 Å². The number of carbonyl (C=O) groups excluding carboxylic acids is 1. The van der Waals surface area contributed by atoms with Gasteiger partial charge in [0.2, 0.25) is 5.78 Å². The van der Waals surface area contributed by atoms with Gasteiger partial charge in [0.1, 0.15) is 10.6 Å². The smallest absolute Gasteiger partial charge is 0.265 e. The molecule has 2 aromatic heterocycles. The minimum Gasteiger partial charge on any atom is -0.313 e. The number of ketones is 1. The van der Waals surface area contributed by atoms with Gasteiger partial charge < -0.3 is 4.40 Å². The number of pyridine rings is 1. The standard InChI is InChI=1S/C28H20Cl2N2O3S/c1-31(22-7-3-2-4-8-22)36(34,35)26-17-20(12-15-25(26)30)28(33)27-24(19-10-13-21(29)14-11-19)18-23-9-5-6-16-32(23)27/h2-18H,1H3.